The number of carbonyl (C=O) groups is 1. The number of amides is 1. The second-order valence-electron chi connectivity index (χ2n) is 7.61. The Kier molecular flexibility index (Phi) is 6.58. The maximum Gasteiger partial charge on any atom is 0.244 e. The van der Waals surface area contributed by atoms with Crippen molar-refractivity contribution in [2.75, 3.05) is 11.4 Å². The summed E-state index contributed by atoms with van der Waals surface area (Å²) in [6, 6.07) is 16.2. The molecular formula is C23H26ClFN4O. The van der Waals surface area contributed by atoms with Crippen molar-refractivity contribution in [3.05, 3.63) is 71.7 Å². The van der Waals surface area contributed by atoms with Gasteiger partial charge in [0.05, 0.1) is 11.7 Å². The molecule has 0 fully saturated rings. The fraction of sp³-hybridized carbons (Fsp3) is 0.304. The van der Waals surface area contributed by atoms with E-state index in [0.29, 0.717) is 12.1 Å². The third-order valence-electron chi connectivity index (χ3n) is 5.48. The lowest BCUT2D eigenvalue weighted by atomic mass is 9.95. The van der Waals surface area contributed by atoms with E-state index in [1.54, 1.807) is 17.9 Å². The summed E-state index contributed by atoms with van der Waals surface area (Å²) in [6.45, 7) is 5.09. The Morgan fingerprint density at radius 2 is 1.83 bits per heavy atom. The fourth-order valence-electron chi connectivity index (χ4n) is 3.80. The smallest absolute Gasteiger partial charge is 0.244 e. The van der Waals surface area contributed by atoms with Gasteiger partial charge in [0.15, 0.2) is 0 Å². The molecule has 30 heavy (non-hydrogen) atoms. The van der Waals surface area contributed by atoms with E-state index in [0.717, 1.165) is 35.6 Å². The van der Waals surface area contributed by atoms with Crippen LogP contribution in [0.25, 0.3) is 11.1 Å². The van der Waals surface area contributed by atoms with Gasteiger partial charge in [-0.3, -0.25) is 9.69 Å². The zero-order valence-corrected chi connectivity index (χ0v) is 17.9. The quantitative estimate of drug-likeness (QED) is 0.672. The Morgan fingerprint density at radius 3 is 2.50 bits per heavy atom. The Balaban J connectivity index is 0.00000256. The van der Waals surface area contributed by atoms with Crippen molar-refractivity contribution in [1.29, 1.82) is 0 Å². The summed E-state index contributed by atoms with van der Waals surface area (Å²) in [5, 5.41) is 4.69. The van der Waals surface area contributed by atoms with Crippen LogP contribution in [0.2, 0.25) is 0 Å². The number of aryl methyl sites for hydroxylation is 1. The molecule has 0 bridgehead atoms. The molecule has 0 aliphatic carbocycles. The number of hydrogen-bond donors (Lipinski definition) is 1. The Hall–Kier alpha value is -2.70. The molecule has 4 rings (SSSR count). The number of anilines is 1. The molecule has 2 aromatic carbocycles. The van der Waals surface area contributed by atoms with Crippen LogP contribution in [0.3, 0.4) is 0 Å². The number of benzene rings is 2. The van der Waals surface area contributed by atoms with Crippen LogP contribution >= 0.6 is 12.4 Å². The third kappa shape index (κ3) is 4.11. The molecule has 3 aromatic rings. The van der Waals surface area contributed by atoms with Crippen molar-refractivity contribution >= 4 is 24.1 Å². The van der Waals surface area contributed by atoms with Gasteiger partial charge < -0.3 is 5.73 Å². The topological polar surface area (TPSA) is 64.2 Å². The van der Waals surface area contributed by atoms with E-state index in [1.165, 1.54) is 0 Å². The predicted molar refractivity (Wildman–Crippen MR) is 119 cm³/mol. The second-order valence-corrected chi connectivity index (χ2v) is 7.61. The van der Waals surface area contributed by atoms with Gasteiger partial charge in [-0.1, -0.05) is 49.4 Å². The van der Waals surface area contributed by atoms with Crippen LogP contribution < -0.4 is 10.6 Å². The monoisotopic (exact) mass is 428 g/mol. The standard InChI is InChI=1S/C23H25FN4O.ClH/c1-15(18-9-10-19(20(24)13-18)17-7-4-3-5-8-17)21-14-22-27(23(29)16(2)25)11-6-12-28(22)26-21;/h3-5,7-10,13-16H,6,11-12,25H2,1-2H3;1H/t15?,16-;/m1./s1. The highest BCUT2D eigenvalue weighted by Crippen LogP contribution is 2.32. The van der Waals surface area contributed by atoms with E-state index in [2.05, 4.69) is 5.10 Å². The Bertz CT molecular complexity index is 1030. The summed E-state index contributed by atoms with van der Waals surface area (Å²) in [5.41, 5.74) is 8.90. The minimum absolute atomic E-state index is 0. The van der Waals surface area contributed by atoms with E-state index in [-0.39, 0.29) is 30.0 Å². The van der Waals surface area contributed by atoms with Crippen molar-refractivity contribution in [1.82, 2.24) is 9.78 Å². The summed E-state index contributed by atoms with van der Waals surface area (Å²) >= 11 is 0. The minimum atomic E-state index is -0.558. The summed E-state index contributed by atoms with van der Waals surface area (Å²) in [5.74, 6) is 0.308. The number of hydrogen-bond acceptors (Lipinski definition) is 3. The SMILES string of the molecule is CC(c1ccc(-c2ccccc2)c(F)c1)c1cc2n(n1)CCCN2C(=O)[C@@H](C)N.Cl. The van der Waals surface area contributed by atoms with E-state index < -0.39 is 6.04 Å². The van der Waals surface area contributed by atoms with Gasteiger partial charge in [0.2, 0.25) is 5.91 Å². The highest BCUT2D eigenvalue weighted by atomic mass is 35.5. The molecule has 1 amide bonds. The highest BCUT2D eigenvalue weighted by molar-refractivity contribution is 5.96. The van der Waals surface area contributed by atoms with E-state index >= 15 is 0 Å². The lowest BCUT2D eigenvalue weighted by Crippen LogP contribution is -2.45. The first-order valence-corrected chi connectivity index (χ1v) is 9.95. The number of aromatic nitrogens is 2. The number of nitrogens with zero attached hydrogens (tertiary/aromatic N) is 3. The van der Waals surface area contributed by atoms with Crippen molar-refractivity contribution in [2.45, 2.75) is 38.8 Å². The normalized spacial score (nSPS) is 15.1. The van der Waals surface area contributed by atoms with Gasteiger partial charge >= 0.3 is 0 Å². The Morgan fingerprint density at radius 1 is 1.10 bits per heavy atom. The average Bonchev–Trinajstić information content (AvgIpc) is 3.17. The van der Waals surface area contributed by atoms with Gasteiger partial charge in [-0.15, -0.1) is 12.4 Å². The molecule has 1 unspecified atom stereocenters. The second kappa shape index (κ2) is 8.98. The largest absolute Gasteiger partial charge is 0.320 e. The molecule has 7 heteroatoms. The maximum atomic E-state index is 14.8. The first-order valence-electron chi connectivity index (χ1n) is 9.95. The van der Waals surface area contributed by atoms with Crippen molar-refractivity contribution in [3.63, 3.8) is 0 Å². The van der Waals surface area contributed by atoms with Crippen LogP contribution in [0.1, 0.15) is 37.4 Å². The molecule has 0 saturated heterocycles. The minimum Gasteiger partial charge on any atom is -0.320 e. The van der Waals surface area contributed by atoms with Gasteiger partial charge in [0.25, 0.3) is 0 Å². The predicted octanol–water partition coefficient (Wildman–Crippen LogP) is 4.35. The lowest BCUT2D eigenvalue weighted by molar-refractivity contribution is -0.119. The number of fused-ring (bicyclic) bond motifs is 1. The van der Waals surface area contributed by atoms with Crippen LogP contribution in [0.15, 0.2) is 54.6 Å². The summed E-state index contributed by atoms with van der Waals surface area (Å²) < 4.78 is 16.7. The van der Waals surface area contributed by atoms with Crippen LogP contribution in [0.4, 0.5) is 10.2 Å². The third-order valence-corrected chi connectivity index (χ3v) is 5.48. The summed E-state index contributed by atoms with van der Waals surface area (Å²) in [7, 11) is 0. The van der Waals surface area contributed by atoms with Crippen molar-refractivity contribution in [3.8, 4) is 11.1 Å². The number of rotatable bonds is 4. The molecule has 1 aromatic heterocycles. The van der Waals surface area contributed by atoms with E-state index in [4.69, 9.17) is 5.73 Å². The van der Waals surface area contributed by atoms with E-state index in [9.17, 15) is 9.18 Å². The molecule has 158 valence electrons. The number of nitrogens with two attached hydrogens (primary N) is 1. The Labute approximate surface area is 182 Å². The molecule has 2 N–H and O–H groups in total. The van der Waals surface area contributed by atoms with Gasteiger partial charge in [-0.05, 0) is 30.5 Å². The van der Waals surface area contributed by atoms with Gasteiger partial charge in [0.1, 0.15) is 11.6 Å². The molecule has 1 aliphatic heterocycles. The van der Waals surface area contributed by atoms with Crippen molar-refractivity contribution in [2.24, 2.45) is 5.73 Å². The lowest BCUT2D eigenvalue weighted by Gasteiger charge is -2.28. The first-order chi connectivity index (χ1) is 14.0. The van der Waals surface area contributed by atoms with Crippen LogP contribution in [-0.4, -0.2) is 28.3 Å². The molecular weight excluding hydrogens is 403 g/mol. The molecule has 0 spiro atoms. The maximum absolute atomic E-state index is 14.8. The molecule has 0 saturated carbocycles. The molecule has 1 aliphatic rings. The van der Waals surface area contributed by atoms with Crippen LogP contribution in [-0.2, 0) is 11.3 Å². The first kappa shape index (κ1) is 22.0. The van der Waals surface area contributed by atoms with Gasteiger partial charge in [-0.25, -0.2) is 9.07 Å². The fourth-order valence-corrected chi connectivity index (χ4v) is 3.80. The van der Waals surface area contributed by atoms with Crippen molar-refractivity contribution < 1.29 is 9.18 Å². The zero-order chi connectivity index (χ0) is 20.5. The zero-order valence-electron chi connectivity index (χ0n) is 17.1. The summed E-state index contributed by atoms with van der Waals surface area (Å²) in [4.78, 5) is 14.1. The molecule has 2 heterocycles. The highest BCUT2D eigenvalue weighted by Gasteiger charge is 2.27. The average molecular weight is 429 g/mol. The van der Waals surface area contributed by atoms with Crippen LogP contribution in [0, 0.1) is 5.82 Å². The van der Waals surface area contributed by atoms with E-state index in [1.807, 2.05) is 60.1 Å². The van der Waals surface area contributed by atoms with Crippen LogP contribution in [0.5, 0.6) is 0 Å². The number of carbonyl (C=O) groups excluding carboxylic acids is 1. The molecule has 2 atom stereocenters. The van der Waals surface area contributed by atoms with Gasteiger partial charge in [0, 0.05) is 30.6 Å². The molecule has 0 radical (unpaired) electrons. The summed E-state index contributed by atoms with van der Waals surface area (Å²) in [6.07, 6.45) is 0.835. The number of halogens is 2. The van der Waals surface area contributed by atoms with Gasteiger partial charge in [-0.2, -0.15) is 5.10 Å². The molecule has 5 nitrogen and oxygen atoms in total.